The zero-order chi connectivity index (χ0) is 12.4. The van der Waals surface area contributed by atoms with E-state index in [4.69, 9.17) is 28.3 Å². The van der Waals surface area contributed by atoms with E-state index in [1.165, 1.54) is 11.8 Å². The zero-order valence-corrected chi connectivity index (χ0v) is 11.0. The van der Waals surface area contributed by atoms with Crippen LogP contribution in [0.15, 0.2) is 23.1 Å². The van der Waals surface area contributed by atoms with Gasteiger partial charge < -0.3 is 10.4 Å². The summed E-state index contributed by atoms with van der Waals surface area (Å²) in [6.07, 6.45) is 0.0211. The van der Waals surface area contributed by atoms with E-state index in [2.05, 4.69) is 5.32 Å². The Balaban J connectivity index is 2.36. The average molecular weight is 290 g/mol. The molecule has 0 saturated carbocycles. The number of benzene rings is 1. The molecule has 1 aliphatic heterocycles. The Labute approximate surface area is 113 Å². The van der Waals surface area contributed by atoms with E-state index in [1.807, 2.05) is 6.07 Å². The van der Waals surface area contributed by atoms with Crippen molar-refractivity contribution < 1.29 is 9.90 Å². The van der Waals surface area contributed by atoms with Crippen LogP contribution in [0.1, 0.15) is 12.0 Å². The third-order valence-electron chi connectivity index (χ3n) is 2.29. The molecular weight excluding hydrogens is 281 g/mol. The molecule has 1 heterocycles. The number of halogens is 2. The topological polar surface area (TPSA) is 49.3 Å². The minimum atomic E-state index is -0.839. The fourth-order valence-corrected chi connectivity index (χ4v) is 2.81. The predicted molar refractivity (Wildman–Crippen MR) is 71.2 cm³/mol. The van der Waals surface area contributed by atoms with Crippen LogP contribution < -0.4 is 5.32 Å². The van der Waals surface area contributed by atoms with Crippen LogP contribution in [0.3, 0.4) is 0 Å². The summed E-state index contributed by atoms with van der Waals surface area (Å²) >= 11 is 13.3. The molecule has 1 aliphatic rings. The van der Waals surface area contributed by atoms with Gasteiger partial charge in [0.15, 0.2) is 0 Å². The van der Waals surface area contributed by atoms with Gasteiger partial charge in [0.25, 0.3) is 0 Å². The van der Waals surface area contributed by atoms with Crippen LogP contribution in [0.5, 0.6) is 0 Å². The van der Waals surface area contributed by atoms with E-state index in [1.54, 1.807) is 12.1 Å². The van der Waals surface area contributed by atoms with Gasteiger partial charge >= 0.3 is 5.97 Å². The van der Waals surface area contributed by atoms with Crippen LogP contribution >= 0.6 is 35.0 Å². The SMILES string of the molecule is O=C(O)CC1=C(c2ccc(Cl)c(Cl)c2)NCS1. The molecule has 3 nitrogen and oxygen atoms in total. The molecule has 0 aromatic heterocycles. The first-order valence-corrected chi connectivity index (χ1v) is 6.59. The highest BCUT2D eigenvalue weighted by Crippen LogP contribution is 2.35. The molecule has 1 aromatic carbocycles. The number of hydrogen-bond acceptors (Lipinski definition) is 3. The smallest absolute Gasteiger partial charge is 0.308 e. The monoisotopic (exact) mass is 289 g/mol. The standard InChI is InChI=1S/C11H9Cl2NO2S/c12-7-2-1-6(3-8(7)13)11-9(4-10(15)16)17-5-14-11/h1-3,14H,4-5H2,(H,15,16). The maximum absolute atomic E-state index is 10.7. The fraction of sp³-hybridized carbons (Fsp3) is 0.182. The Bertz CT molecular complexity index is 502. The molecule has 1 aromatic rings. The number of carboxylic acid groups (broad SMARTS) is 1. The Kier molecular flexibility index (Phi) is 3.86. The largest absolute Gasteiger partial charge is 0.481 e. The van der Waals surface area contributed by atoms with Gasteiger partial charge in [0.1, 0.15) is 0 Å². The third kappa shape index (κ3) is 2.89. The number of aliphatic carboxylic acids is 1. The summed E-state index contributed by atoms with van der Waals surface area (Å²) in [5, 5.41) is 12.9. The van der Waals surface area contributed by atoms with Gasteiger partial charge in [-0.25, -0.2) is 0 Å². The highest BCUT2D eigenvalue weighted by atomic mass is 35.5. The second-order valence-electron chi connectivity index (χ2n) is 3.46. The second-order valence-corrected chi connectivity index (χ2v) is 5.35. The van der Waals surface area contributed by atoms with Gasteiger partial charge in [-0.3, -0.25) is 4.79 Å². The maximum atomic E-state index is 10.7. The van der Waals surface area contributed by atoms with Gasteiger partial charge in [-0.15, -0.1) is 11.8 Å². The van der Waals surface area contributed by atoms with Crippen molar-refractivity contribution in [2.75, 3.05) is 5.88 Å². The first-order valence-electron chi connectivity index (χ1n) is 4.85. The molecule has 0 amide bonds. The Morgan fingerprint density at radius 3 is 2.82 bits per heavy atom. The molecule has 0 radical (unpaired) electrons. The third-order valence-corrected chi connectivity index (χ3v) is 4.02. The number of carboxylic acids is 1. The van der Waals surface area contributed by atoms with Gasteiger partial charge in [-0.05, 0) is 12.1 Å². The lowest BCUT2D eigenvalue weighted by atomic mass is 10.1. The van der Waals surface area contributed by atoms with Gasteiger partial charge in [0, 0.05) is 10.5 Å². The summed E-state index contributed by atoms with van der Waals surface area (Å²) in [4.78, 5) is 11.5. The van der Waals surface area contributed by atoms with Crippen LogP contribution in [0, 0.1) is 0 Å². The van der Waals surface area contributed by atoms with Crippen LogP contribution in [-0.2, 0) is 4.79 Å². The number of hydrogen-bond donors (Lipinski definition) is 2. The normalized spacial score (nSPS) is 14.9. The summed E-state index contributed by atoms with van der Waals surface area (Å²) < 4.78 is 0. The van der Waals surface area contributed by atoms with E-state index < -0.39 is 5.97 Å². The molecule has 2 N–H and O–H groups in total. The highest BCUT2D eigenvalue weighted by Gasteiger charge is 2.19. The van der Waals surface area contributed by atoms with Gasteiger partial charge in [0.2, 0.25) is 0 Å². The van der Waals surface area contributed by atoms with Crippen molar-refractivity contribution in [3.05, 3.63) is 38.7 Å². The van der Waals surface area contributed by atoms with E-state index in [0.29, 0.717) is 15.9 Å². The van der Waals surface area contributed by atoms with E-state index in [0.717, 1.165) is 16.2 Å². The second kappa shape index (κ2) is 5.21. The summed E-state index contributed by atoms with van der Waals surface area (Å²) in [5.41, 5.74) is 1.69. The van der Waals surface area contributed by atoms with E-state index >= 15 is 0 Å². The van der Waals surface area contributed by atoms with Crippen molar-refractivity contribution >= 4 is 46.6 Å². The van der Waals surface area contributed by atoms with Crippen molar-refractivity contribution in [2.45, 2.75) is 6.42 Å². The summed E-state index contributed by atoms with van der Waals surface area (Å²) in [7, 11) is 0. The predicted octanol–water partition coefficient (Wildman–Crippen LogP) is 3.43. The first kappa shape index (κ1) is 12.6. The summed E-state index contributed by atoms with van der Waals surface area (Å²) in [6, 6.07) is 5.26. The first-order chi connectivity index (χ1) is 8.08. The van der Waals surface area contributed by atoms with Crippen molar-refractivity contribution in [3.8, 4) is 0 Å². The quantitative estimate of drug-likeness (QED) is 0.895. The molecule has 0 aliphatic carbocycles. The molecule has 0 fully saturated rings. The van der Waals surface area contributed by atoms with Gasteiger partial charge in [-0.2, -0.15) is 0 Å². The molecule has 0 unspecified atom stereocenters. The van der Waals surface area contributed by atoms with Crippen LogP contribution in [0.25, 0.3) is 5.70 Å². The molecule has 2 rings (SSSR count). The van der Waals surface area contributed by atoms with Crippen molar-refractivity contribution in [3.63, 3.8) is 0 Å². The van der Waals surface area contributed by atoms with Crippen molar-refractivity contribution in [1.29, 1.82) is 0 Å². The summed E-state index contributed by atoms with van der Waals surface area (Å²) in [5.74, 6) is -0.160. The van der Waals surface area contributed by atoms with Gasteiger partial charge in [-0.1, -0.05) is 29.3 Å². The maximum Gasteiger partial charge on any atom is 0.308 e. The molecule has 90 valence electrons. The molecule has 0 bridgehead atoms. The van der Waals surface area contributed by atoms with Crippen LogP contribution in [-0.4, -0.2) is 17.0 Å². The summed E-state index contributed by atoms with van der Waals surface area (Å²) in [6.45, 7) is 0. The van der Waals surface area contributed by atoms with Gasteiger partial charge in [0.05, 0.1) is 28.0 Å². The minimum absolute atomic E-state index is 0.0211. The Morgan fingerprint density at radius 2 is 2.18 bits per heavy atom. The molecule has 0 atom stereocenters. The number of carbonyl (C=O) groups is 1. The average Bonchev–Trinajstić information content (AvgIpc) is 2.69. The molecule has 6 heteroatoms. The van der Waals surface area contributed by atoms with Crippen LogP contribution in [0.2, 0.25) is 10.0 Å². The number of thioether (sulfide) groups is 1. The number of rotatable bonds is 3. The fourth-order valence-electron chi connectivity index (χ4n) is 1.56. The molecule has 0 spiro atoms. The molecular formula is C11H9Cl2NO2S. The van der Waals surface area contributed by atoms with Crippen molar-refractivity contribution in [2.24, 2.45) is 0 Å². The van der Waals surface area contributed by atoms with Crippen molar-refractivity contribution in [1.82, 2.24) is 5.32 Å². The lowest BCUT2D eigenvalue weighted by Crippen LogP contribution is -2.06. The molecule has 0 saturated heterocycles. The van der Waals surface area contributed by atoms with Crippen LogP contribution in [0.4, 0.5) is 0 Å². The highest BCUT2D eigenvalue weighted by molar-refractivity contribution is 8.03. The lowest BCUT2D eigenvalue weighted by molar-refractivity contribution is -0.136. The Hall–Kier alpha value is -0.840. The van der Waals surface area contributed by atoms with E-state index in [9.17, 15) is 4.79 Å². The molecule has 17 heavy (non-hydrogen) atoms. The minimum Gasteiger partial charge on any atom is -0.481 e. The Morgan fingerprint density at radius 1 is 1.41 bits per heavy atom. The number of nitrogens with one attached hydrogen (secondary N) is 1. The lowest BCUT2D eigenvalue weighted by Gasteiger charge is -2.07. The van der Waals surface area contributed by atoms with E-state index in [-0.39, 0.29) is 6.42 Å². The zero-order valence-electron chi connectivity index (χ0n) is 8.67.